The Labute approximate surface area is 88.6 Å². The average molecular weight is 209 g/mol. The van der Waals surface area contributed by atoms with Gasteiger partial charge in [0.2, 0.25) is 0 Å². The van der Waals surface area contributed by atoms with Crippen LogP contribution >= 0.6 is 11.3 Å². The summed E-state index contributed by atoms with van der Waals surface area (Å²) in [7, 11) is 0. The van der Waals surface area contributed by atoms with E-state index in [0.29, 0.717) is 0 Å². The number of ether oxygens (including phenoxy) is 1. The van der Waals surface area contributed by atoms with Crippen molar-refractivity contribution in [3.63, 3.8) is 0 Å². The third-order valence-corrected chi connectivity index (χ3v) is 2.98. The van der Waals surface area contributed by atoms with Crippen LogP contribution in [0.5, 0.6) is 0 Å². The third-order valence-electron chi connectivity index (χ3n) is 2.24. The molecule has 0 spiro atoms. The van der Waals surface area contributed by atoms with Gasteiger partial charge < -0.3 is 10.1 Å². The minimum atomic E-state index is 0.802. The maximum Gasteiger partial charge on any atom is 0.0689 e. The van der Waals surface area contributed by atoms with Gasteiger partial charge in [0.15, 0.2) is 0 Å². The Balaban J connectivity index is 1.70. The fourth-order valence-electron chi connectivity index (χ4n) is 1.49. The largest absolute Gasteiger partial charge is 0.377 e. The van der Waals surface area contributed by atoms with Crippen molar-refractivity contribution in [1.82, 2.24) is 5.32 Å². The van der Waals surface area contributed by atoms with E-state index in [1.165, 1.54) is 11.1 Å². The first kappa shape index (κ1) is 9.90. The summed E-state index contributed by atoms with van der Waals surface area (Å²) in [5.41, 5.74) is 2.75. The lowest BCUT2D eigenvalue weighted by Crippen LogP contribution is -2.20. The highest BCUT2D eigenvalue weighted by Gasteiger charge is 2.02. The second-order valence-electron chi connectivity index (χ2n) is 3.44. The van der Waals surface area contributed by atoms with E-state index < -0.39 is 0 Å². The van der Waals surface area contributed by atoms with E-state index in [1.54, 1.807) is 11.3 Å². The van der Waals surface area contributed by atoms with Gasteiger partial charge >= 0.3 is 0 Å². The number of rotatable bonds is 4. The van der Waals surface area contributed by atoms with Gasteiger partial charge in [-0.3, -0.25) is 0 Å². The normalized spacial score (nSPS) is 16.7. The summed E-state index contributed by atoms with van der Waals surface area (Å²) in [5.74, 6) is 0. The molecule has 0 amide bonds. The van der Waals surface area contributed by atoms with E-state index >= 15 is 0 Å². The maximum atomic E-state index is 5.36. The van der Waals surface area contributed by atoms with Crippen LogP contribution < -0.4 is 5.32 Å². The summed E-state index contributed by atoms with van der Waals surface area (Å²) in [6.07, 6.45) is 3.35. The molecule has 3 heteroatoms. The third kappa shape index (κ3) is 2.94. The second kappa shape index (κ2) is 5.29. The summed E-state index contributed by atoms with van der Waals surface area (Å²) >= 11 is 1.75. The quantitative estimate of drug-likeness (QED) is 0.767. The molecule has 2 nitrogen and oxygen atoms in total. The molecule has 0 radical (unpaired) electrons. The first-order valence-electron chi connectivity index (χ1n) is 4.92. The molecular weight excluding hydrogens is 194 g/mol. The molecule has 1 N–H and O–H groups in total. The van der Waals surface area contributed by atoms with Crippen LogP contribution in [0.2, 0.25) is 0 Å². The van der Waals surface area contributed by atoms with Gasteiger partial charge in [-0.2, -0.15) is 11.3 Å². The number of hydrogen-bond acceptors (Lipinski definition) is 3. The van der Waals surface area contributed by atoms with Gasteiger partial charge in [-0.1, -0.05) is 6.08 Å². The Kier molecular flexibility index (Phi) is 3.74. The average Bonchev–Trinajstić information content (AvgIpc) is 2.72. The summed E-state index contributed by atoms with van der Waals surface area (Å²) in [4.78, 5) is 0. The molecule has 1 aliphatic heterocycles. The molecule has 0 aromatic carbocycles. The van der Waals surface area contributed by atoms with E-state index in [2.05, 4.69) is 28.2 Å². The highest BCUT2D eigenvalue weighted by atomic mass is 32.1. The molecule has 0 atom stereocenters. The number of hydrogen-bond donors (Lipinski definition) is 1. The molecule has 0 aliphatic carbocycles. The molecule has 0 unspecified atom stereocenters. The van der Waals surface area contributed by atoms with E-state index in [9.17, 15) is 0 Å². The first-order valence-corrected chi connectivity index (χ1v) is 5.87. The molecule has 0 fully saturated rings. The lowest BCUT2D eigenvalue weighted by Gasteiger charge is -2.13. The van der Waals surface area contributed by atoms with E-state index in [4.69, 9.17) is 4.74 Å². The Hall–Kier alpha value is -0.640. The van der Waals surface area contributed by atoms with Crippen LogP contribution in [0.3, 0.4) is 0 Å². The molecule has 1 aromatic heterocycles. The lowest BCUT2D eigenvalue weighted by molar-refractivity contribution is 0.149. The van der Waals surface area contributed by atoms with Gasteiger partial charge in [-0.25, -0.2) is 0 Å². The van der Waals surface area contributed by atoms with Crippen LogP contribution in [0, 0.1) is 0 Å². The van der Waals surface area contributed by atoms with Crippen LogP contribution in [-0.2, 0) is 11.3 Å². The summed E-state index contributed by atoms with van der Waals surface area (Å²) < 4.78 is 5.36. The zero-order chi connectivity index (χ0) is 9.64. The molecule has 76 valence electrons. The molecule has 1 aliphatic rings. The summed E-state index contributed by atoms with van der Waals surface area (Å²) in [5, 5.41) is 7.71. The monoisotopic (exact) mass is 209 g/mol. The number of thiophene rings is 1. The van der Waals surface area contributed by atoms with Gasteiger partial charge in [0, 0.05) is 13.1 Å². The van der Waals surface area contributed by atoms with Crippen LogP contribution in [0.4, 0.5) is 0 Å². The molecule has 14 heavy (non-hydrogen) atoms. The maximum absolute atomic E-state index is 5.36. The van der Waals surface area contributed by atoms with Crippen molar-refractivity contribution in [1.29, 1.82) is 0 Å². The van der Waals surface area contributed by atoms with Crippen LogP contribution in [0.1, 0.15) is 12.0 Å². The minimum Gasteiger partial charge on any atom is -0.377 e. The zero-order valence-corrected chi connectivity index (χ0v) is 8.98. The van der Waals surface area contributed by atoms with E-state index in [-0.39, 0.29) is 0 Å². The molecule has 0 saturated heterocycles. The minimum absolute atomic E-state index is 0.802. The van der Waals surface area contributed by atoms with Gasteiger partial charge in [-0.15, -0.1) is 0 Å². The highest BCUT2D eigenvalue weighted by molar-refractivity contribution is 7.07. The topological polar surface area (TPSA) is 21.3 Å². The highest BCUT2D eigenvalue weighted by Crippen LogP contribution is 2.07. The van der Waals surface area contributed by atoms with E-state index in [1.807, 2.05) is 0 Å². The summed E-state index contributed by atoms with van der Waals surface area (Å²) in [6.45, 7) is 3.60. The smallest absolute Gasteiger partial charge is 0.0689 e. The summed E-state index contributed by atoms with van der Waals surface area (Å²) in [6, 6.07) is 2.16. The molecule has 2 heterocycles. The zero-order valence-electron chi connectivity index (χ0n) is 8.16. The Morgan fingerprint density at radius 3 is 3.14 bits per heavy atom. The molecule has 2 rings (SSSR count). The second-order valence-corrected chi connectivity index (χ2v) is 4.22. The Bertz CT molecular complexity index is 292. The van der Waals surface area contributed by atoms with Crippen LogP contribution in [-0.4, -0.2) is 19.8 Å². The van der Waals surface area contributed by atoms with Crippen LogP contribution in [0.15, 0.2) is 28.5 Å². The first-order chi connectivity index (χ1) is 6.95. The lowest BCUT2D eigenvalue weighted by atomic mass is 10.2. The molecule has 0 bridgehead atoms. The van der Waals surface area contributed by atoms with Crippen LogP contribution in [0.25, 0.3) is 0 Å². The molecular formula is C11H15NOS. The van der Waals surface area contributed by atoms with Crippen molar-refractivity contribution in [2.45, 2.75) is 13.0 Å². The Morgan fingerprint density at radius 1 is 1.43 bits per heavy atom. The Morgan fingerprint density at radius 2 is 2.43 bits per heavy atom. The fourth-order valence-corrected chi connectivity index (χ4v) is 2.16. The van der Waals surface area contributed by atoms with E-state index in [0.717, 1.165) is 32.7 Å². The molecule has 0 saturated carbocycles. The van der Waals surface area contributed by atoms with Crippen molar-refractivity contribution < 1.29 is 4.74 Å². The van der Waals surface area contributed by atoms with Gasteiger partial charge in [0.1, 0.15) is 0 Å². The van der Waals surface area contributed by atoms with Crippen molar-refractivity contribution in [2.75, 3.05) is 19.8 Å². The van der Waals surface area contributed by atoms with Crippen molar-refractivity contribution >= 4 is 11.3 Å². The van der Waals surface area contributed by atoms with Crippen molar-refractivity contribution in [3.05, 3.63) is 34.0 Å². The predicted molar refractivity (Wildman–Crippen MR) is 59.5 cm³/mol. The van der Waals surface area contributed by atoms with Crippen molar-refractivity contribution in [3.8, 4) is 0 Å². The predicted octanol–water partition coefficient (Wildman–Crippen LogP) is 2.18. The van der Waals surface area contributed by atoms with Crippen molar-refractivity contribution in [2.24, 2.45) is 0 Å². The van der Waals surface area contributed by atoms with Gasteiger partial charge in [0.05, 0.1) is 13.2 Å². The SMILES string of the molecule is C1=C(CNCc2ccsc2)COCC1. The number of nitrogens with one attached hydrogen (secondary N) is 1. The van der Waals surface area contributed by atoms with Gasteiger partial charge in [0.25, 0.3) is 0 Å². The standard InChI is InChI=1S/C11H15NOS/c1-2-10(8-13-4-1)6-12-7-11-3-5-14-9-11/h2-3,5,9,12H,1,4,6-8H2. The fraction of sp³-hybridized carbons (Fsp3) is 0.455. The molecule has 1 aromatic rings. The van der Waals surface area contributed by atoms with Gasteiger partial charge in [-0.05, 0) is 34.4 Å².